The van der Waals surface area contributed by atoms with Crippen molar-refractivity contribution >= 4 is 11.8 Å². The van der Waals surface area contributed by atoms with Crippen LogP contribution in [0.2, 0.25) is 0 Å². The molecular formula is C9H18N4S. The van der Waals surface area contributed by atoms with Crippen LogP contribution in [0.1, 0.15) is 20.3 Å². The smallest absolute Gasteiger partial charge is 0.191 e. The number of nitrogens with one attached hydrogen (secondary N) is 1. The predicted octanol–water partition coefficient (Wildman–Crippen LogP) is 1.30. The fourth-order valence-corrected chi connectivity index (χ4v) is 1.95. The van der Waals surface area contributed by atoms with Gasteiger partial charge < -0.3 is 9.88 Å². The maximum Gasteiger partial charge on any atom is 0.191 e. The van der Waals surface area contributed by atoms with Crippen LogP contribution in [-0.2, 0) is 7.05 Å². The average molecular weight is 214 g/mol. The van der Waals surface area contributed by atoms with Crippen LogP contribution in [0.3, 0.4) is 0 Å². The molecule has 0 saturated carbocycles. The molecule has 0 fully saturated rings. The van der Waals surface area contributed by atoms with Crippen molar-refractivity contribution in [2.75, 3.05) is 13.1 Å². The van der Waals surface area contributed by atoms with Crippen LogP contribution >= 0.6 is 11.8 Å². The molecule has 1 aromatic rings. The average Bonchev–Trinajstić information content (AvgIpc) is 2.52. The molecule has 1 atom stereocenters. The topological polar surface area (TPSA) is 42.7 Å². The Morgan fingerprint density at radius 1 is 1.64 bits per heavy atom. The van der Waals surface area contributed by atoms with Gasteiger partial charge in [-0.2, -0.15) is 0 Å². The van der Waals surface area contributed by atoms with Crippen LogP contribution in [0.25, 0.3) is 0 Å². The Morgan fingerprint density at radius 3 is 3.00 bits per heavy atom. The summed E-state index contributed by atoms with van der Waals surface area (Å²) in [6.07, 6.45) is 2.91. The third kappa shape index (κ3) is 3.67. The second-order valence-corrected chi connectivity index (χ2v) is 4.76. The van der Waals surface area contributed by atoms with E-state index in [1.54, 1.807) is 18.1 Å². The van der Waals surface area contributed by atoms with E-state index in [0.717, 1.165) is 18.2 Å². The van der Waals surface area contributed by atoms with E-state index in [0.29, 0.717) is 5.25 Å². The molecule has 0 aliphatic heterocycles. The van der Waals surface area contributed by atoms with Gasteiger partial charge in [-0.3, -0.25) is 0 Å². The Hall–Kier alpha value is -0.550. The van der Waals surface area contributed by atoms with E-state index in [2.05, 4.69) is 29.4 Å². The summed E-state index contributed by atoms with van der Waals surface area (Å²) in [5.41, 5.74) is 0. The molecule has 1 aromatic heterocycles. The van der Waals surface area contributed by atoms with Crippen molar-refractivity contribution in [2.45, 2.75) is 30.7 Å². The molecule has 14 heavy (non-hydrogen) atoms. The first-order valence-corrected chi connectivity index (χ1v) is 5.83. The normalized spacial score (nSPS) is 13.1. The number of aromatic nitrogens is 3. The lowest BCUT2D eigenvalue weighted by Gasteiger charge is -2.10. The van der Waals surface area contributed by atoms with E-state index in [9.17, 15) is 0 Å². The third-order valence-corrected chi connectivity index (χ3v) is 2.98. The largest absolute Gasteiger partial charge is 0.316 e. The summed E-state index contributed by atoms with van der Waals surface area (Å²) in [6, 6.07) is 0. The van der Waals surface area contributed by atoms with Gasteiger partial charge in [-0.15, -0.1) is 10.2 Å². The lowest BCUT2D eigenvalue weighted by molar-refractivity contribution is 0.666. The first-order valence-electron chi connectivity index (χ1n) is 4.95. The van der Waals surface area contributed by atoms with Crippen molar-refractivity contribution in [3.63, 3.8) is 0 Å². The first kappa shape index (κ1) is 11.5. The molecule has 0 radical (unpaired) electrons. The van der Waals surface area contributed by atoms with Crippen molar-refractivity contribution in [3.05, 3.63) is 6.33 Å². The Labute approximate surface area is 89.5 Å². The standard InChI is InChI=1S/C9H18N4S/c1-4-5-10-6-8(2)14-9-12-11-7-13(9)3/h7-8,10H,4-6H2,1-3H3. The molecule has 1 rings (SSSR count). The maximum absolute atomic E-state index is 4.03. The van der Waals surface area contributed by atoms with Gasteiger partial charge in [0.2, 0.25) is 0 Å². The summed E-state index contributed by atoms with van der Waals surface area (Å²) >= 11 is 1.75. The summed E-state index contributed by atoms with van der Waals surface area (Å²) < 4.78 is 1.95. The molecular weight excluding hydrogens is 196 g/mol. The number of rotatable bonds is 6. The molecule has 80 valence electrons. The summed E-state index contributed by atoms with van der Waals surface area (Å²) in [4.78, 5) is 0. The Kier molecular flexibility index (Phi) is 4.97. The van der Waals surface area contributed by atoms with Crippen LogP contribution in [-0.4, -0.2) is 33.1 Å². The second kappa shape index (κ2) is 6.03. The molecule has 0 aromatic carbocycles. The SMILES string of the molecule is CCCNCC(C)Sc1nncn1C. The van der Waals surface area contributed by atoms with Gasteiger partial charge in [-0.05, 0) is 13.0 Å². The fourth-order valence-electron chi connectivity index (χ4n) is 1.08. The summed E-state index contributed by atoms with van der Waals surface area (Å²) in [7, 11) is 1.97. The van der Waals surface area contributed by atoms with Gasteiger partial charge >= 0.3 is 0 Å². The van der Waals surface area contributed by atoms with Crippen LogP contribution in [0, 0.1) is 0 Å². The third-order valence-electron chi connectivity index (χ3n) is 1.84. The lowest BCUT2D eigenvalue weighted by atomic mass is 10.4. The van der Waals surface area contributed by atoms with Crippen LogP contribution < -0.4 is 5.32 Å². The number of nitrogens with zero attached hydrogens (tertiary/aromatic N) is 3. The van der Waals surface area contributed by atoms with Crippen molar-refractivity contribution < 1.29 is 0 Å². The van der Waals surface area contributed by atoms with Gasteiger partial charge in [-0.25, -0.2) is 0 Å². The van der Waals surface area contributed by atoms with E-state index < -0.39 is 0 Å². The van der Waals surface area contributed by atoms with Crippen molar-refractivity contribution in [1.82, 2.24) is 20.1 Å². The van der Waals surface area contributed by atoms with Gasteiger partial charge in [0.05, 0.1) is 0 Å². The molecule has 0 bridgehead atoms. The van der Waals surface area contributed by atoms with E-state index >= 15 is 0 Å². The highest BCUT2D eigenvalue weighted by Crippen LogP contribution is 2.18. The van der Waals surface area contributed by atoms with Gasteiger partial charge in [-0.1, -0.05) is 25.6 Å². The predicted molar refractivity (Wildman–Crippen MR) is 59.5 cm³/mol. The first-order chi connectivity index (χ1) is 6.74. The lowest BCUT2D eigenvalue weighted by Crippen LogP contribution is -2.23. The van der Waals surface area contributed by atoms with Gasteiger partial charge in [0.25, 0.3) is 0 Å². The molecule has 0 amide bonds. The monoisotopic (exact) mass is 214 g/mol. The van der Waals surface area contributed by atoms with Crippen LogP contribution in [0.15, 0.2) is 11.5 Å². The highest BCUT2D eigenvalue weighted by atomic mass is 32.2. The molecule has 1 N–H and O–H groups in total. The van der Waals surface area contributed by atoms with Gasteiger partial charge in [0.1, 0.15) is 6.33 Å². The second-order valence-electron chi connectivity index (χ2n) is 3.36. The minimum absolute atomic E-state index is 0.532. The van der Waals surface area contributed by atoms with Crippen LogP contribution in [0.4, 0.5) is 0 Å². The molecule has 0 aliphatic rings. The molecule has 5 heteroatoms. The molecule has 1 unspecified atom stereocenters. The zero-order valence-electron chi connectivity index (χ0n) is 9.03. The number of hydrogen-bond donors (Lipinski definition) is 1. The number of thioether (sulfide) groups is 1. The zero-order chi connectivity index (χ0) is 10.4. The highest BCUT2D eigenvalue weighted by molar-refractivity contribution is 7.99. The minimum atomic E-state index is 0.532. The Morgan fingerprint density at radius 2 is 2.43 bits per heavy atom. The van der Waals surface area contributed by atoms with E-state index in [-0.39, 0.29) is 0 Å². The van der Waals surface area contributed by atoms with Crippen molar-refractivity contribution in [3.8, 4) is 0 Å². The van der Waals surface area contributed by atoms with Gasteiger partial charge in [0.15, 0.2) is 5.16 Å². The number of hydrogen-bond acceptors (Lipinski definition) is 4. The zero-order valence-corrected chi connectivity index (χ0v) is 9.84. The van der Waals surface area contributed by atoms with E-state index in [1.807, 2.05) is 11.6 Å². The summed E-state index contributed by atoms with van der Waals surface area (Å²) in [5, 5.41) is 12.8. The minimum Gasteiger partial charge on any atom is -0.316 e. The molecule has 0 spiro atoms. The molecule has 1 heterocycles. The van der Waals surface area contributed by atoms with Crippen LogP contribution in [0.5, 0.6) is 0 Å². The molecule has 0 aliphatic carbocycles. The number of aryl methyl sites for hydroxylation is 1. The highest BCUT2D eigenvalue weighted by Gasteiger charge is 2.07. The molecule has 0 saturated heterocycles. The quantitative estimate of drug-likeness (QED) is 0.572. The Bertz CT molecular complexity index is 261. The maximum atomic E-state index is 4.03. The summed E-state index contributed by atoms with van der Waals surface area (Å²) in [6.45, 7) is 6.48. The summed E-state index contributed by atoms with van der Waals surface area (Å²) in [5.74, 6) is 0. The Balaban J connectivity index is 2.27. The van der Waals surface area contributed by atoms with Crippen molar-refractivity contribution in [1.29, 1.82) is 0 Å². The van der Waals surface area contributed by atoms with E-state index in [4.69, 9.17) is 0 Å². The van der Waals surface area contributed by atoms with Crippen molar-refractivity contribution in [2.24, 2.45) is 7.05 Å². The van der Waals surface area contributed by atoms with E-state index in [1.165, 1.54) is 6.42 Å². The molecule has 4 nitrogen and oxygen atoms in total. The fraction of sp³-hybridized carbons (Fsp3) is 0.778. The van der Waals surface area contributed by atoms with Gasteiger partial charge in [0, 0.05) is 18.8 Å².